The SMILES string of the molecule is C=CCNCc1cn(Cc2ccc(F)cc2Cl)c2ccccc12. The van der Waals surface area contributed by atoms with Crippen molar-refractivity contribution in [1.82, 2.24) is 9.88 Å². The van der Waals surface area contributed by atoms with Crippen molar-refractivity contribution in [3.05, 3.63) is 83.3 Å². The summed E-state index contributed by atoms with van der Waals surface area (Å²) in [6.07, 6.45) is 3.97. The minimum absolute atomic E-state index is 0.314. The molecule has 0 atom stereocenters. The highest BCUT2D eigenvalue weighted by Crippen LogP contribution is 2.25. The Bertz CT molecular complexity index is 839. The molecular formula is C19H18ClFN2. The van der Waals surface area contributed by atoms with Crippen molar-refractivity contribution in [1.29, 1.82) is 0 Å². The summed E-state index contributed by atoms with van der Waals surface area (Å²) in [5, 5.41) is 5.00. The molecule has 0 radical (unpaired) electrons. The van der Waals surface area contributed by atoms with E-state index in [9.17, 15) is 4.39 Å². The van der Waals surface area contributed by atoms with Crippen LogP contribution in [0, 0.1) is 5.82 Å². The Morgan fingerprint density at radius 2 is 2.00 bits per heavy atom. The molecule has 4 heteroatoms. The predicted molar refractivity (Wildman–Crippen MR) is 94.4 cm³/mol. The average molecular weight is 329 g/mol. The van der Waals surface area contributed by atoms with Crippen molar-refractivity contribution in [3.63, 3.8) is 0 Å². The molecule has 0 unspecified atom stereocenters. The zero-order valence-electron chi connectivity index (χ0n) is 12.7. The molecule has 1 heterocycles. The fourth-order valence-corrected chi connectivity index (χ4v) is 2.96. The molecule has 0 aliphatic rings. The molecule has 0 amide bonds. The number of aromatic nitrogens is 1. The van der Waals surface area contributed by atoms with Crippen molar-refractivity contribution in [2.75, 3.05) is 6.54 Å². The van der Waals surface area contributed by atoms with Gasteiger partial charge >= 0.3 is 0 Å². The Hall–Kier alpha value is -2.10. The van der Waals surface area contributed by atoms with Crippen molar-refractivity contribution >= 4 is 22.5 Å². The second kappa shape index (κ2) is 6.99. The molecule has 118 valence electrons. The first-order valence-corrected chi connectivity index (χ1v) is 7.89. The van der Waals surface area contributed by atoms with Crippen LogP contribution in [-0.4, -0.2) is 11.1 Å². The second-order valence-electron chi connectivity index (χ2n) is 5.45. The van der Waals surface area contributed by atoms with Crippen molar-refractivity contribution < 1.29 is 4.39 Å². The number of nitrogens with zero attached hydrogens (tertiary/aromatic N) is 1. The number of hydrogen-bond acceptors (Lipinski definition) is 1. The van der Waals surface area contributed by atoms with E-state index in [1.165, 1.54) is 23.1 Å². The van der Waals surface area contributed by atoms with Gasteiger partial charge in [0, 0.05) is 41.8 Å². The smallest absolute Gasteiger partial charge is 0.124 e. The molecule has 0 aliphatic heterocycles. The standard InChI is InChI=1S/C19H18ClFN2/c1-2-9-22-11-15-13-23(19-6-4-3-5-17(15)19)12-14-7-8-16(21)10-18(14)20/h2-8,10,13,22H,1,9,11-12H2. The van der Waals surface area contributed by atoms with Gasteiger partial charge in [0.15, 0.2) is 0 Å². The highest BCUT2D eigenvalue weighted by atomic mass is 35.5. The van der Waals surface area contributed by atoms with Crippen LogP contribution in [0.5, 0.6) is 0 Å². The van der Waals surface area contributed by atoms with E-state index in [1.54, 1.807) is 6.07 Å². The number of fused-ring (bicyclic) bond motifs is 1. The maximum atomic E-state index is 13.2. The minimum Gasteiger partial charge on any atom is -0.343 e. The van der Waals surface area contributed by atoms with Gasteiger partial charge in [-0.1, -0.05) is 41.9 Å². The summed E-state index contributed by atoms with van der Waals surface area (Å²) >= 11 is 6.16. The van der Waals surface area contributed by atoms with E-state index in [2.05, 4.69) is 34.8 Å². The van der Waals surface area contributed by atoms with Crippen LogP contribution in [0.3, 0.4) is 0 Å². The quantitative estimate of drug-likeness (QED) is 0.510. The molecular weight excluding hydrogens is 311 g/mol. The van der Waals surface area contributed by atoms with Gasteiger partial charge in [-0.3, -0.25) is 0 Å². The molecule has 2 aromatic carbocycles. The molecule has 23 heavy (non-hydrogen) atoms. The molecule has 0 aliphatic carbocycles. The van der Waals surface area contributed by atoms with E-state index in [4.69, 9.17) is 11.6 Å². The summed E-state index contributed by atoms with van der Waals surface area (Å²) in [4.78, 5) is 0. The monoisotopic (exact) mass is 328 g/mol. The molecule has 3 aromatic rings. The summed E-state index contributed by atoms with van der Waals surface area (Å²) in [5.74, 6) is -0.314. The van der Waals surface area contributed by atoms with Crippen LogP contribution in [0.15, 0.2) is 61.3 Å². The van der Waals surface area contributed by atoms with E-state index < -0.39 is 0 Å². The molecule has 3 rings (SSSR count). The lowest BCUT2D eigenvalue weighted by Crippen LogP contribution is -2.12. The lowest BCUT2D eigenvalue weighted by atomic mass is 10.2. The summed E-state index contributed by atoms with van der Waals surface area (Å²) in [5.41, 5.74) is 3.27. The number of benzene rings is 2. The first-order valence-electron chi connectivity index (χ1n) is 7.51. The fraction of sp³-hybridized carbons (Fsp3) is 0.158. The van der Waals surface area contributed by atoms with Gasteiger partial charge in [0.1, 0.15) is 5.82 Å². The maximum absolute atomic E-state index is 13.2. The van der Waals surface area contributed by atoms with Gasteiger partial charge in [0.05, 0.1) is 0 Å². The highest BCUT2D eigenvalue weighted by molar-refractivity contribution is 6.31. The Kier molecular flexibility index (Phi) is 4.79. The highest BCUT2D eigenvalue weighted by Gasteiger charge is 2.10. The first-order chi connectivity index (χ1) is 11.2. The molecule has 0 saturated carbocycles. The number of nitrogens with one attached hydrogen (secondary N) is 1. The normalized spacial score (nSPS) is 11.0. The molecule has 1 aromatic heterocycles. The predicted octanol–water partition coefficient (Wildman–Crippen LogP) is 4.76. The van der Waals surface area contributed by atoms with Crippen molar-refractivity contribution in [3.8, 4) is 0 Å². The van der Waals surface area contributed by atoms with Crippen molar-refractivity contribution in [2.24, 2.45) is 0 Å². The topological polar surface area (TPSA) is 17.0 Å². The van der Waals surface area contributed by atoms with Gasteiger partial charge < -0.3 is 9.88 Å². The number of hydrogen-bond donors (Lipinski definition) is 1. The summed E-state index contributed by atoms with van der Waals surface area (Å²) in [6.45, 7) is 5.87. The summed E-state index contributed by atoms with van der Waals surface area (Å²) in [6, 6.07) is 12.8. The van der Waals surface area contributed by atoms with E-state index in [1.807, 2.05) is 18.2 Å². The average Bonchev–Trinajstić information content (AvgIpc) is 2.89. The van der Waals surface area contributed by atoms with Crippen LogP contribution in [0.4, 0.5) is 4.39 Å². The summed E-state index contributed by atoms with van der Waals surface area (Å²) in [7, 11) is 0. The third-order valence-electron chi connectivity index (χ3n) is 3.83. The van der Waals surface area contributed by atoms with E-state index in [-0.39, 0.29) is 5.82 Å². The lowest BCUT2D eigenvalue weighted by molar-refractivity contribution is 0.626. The molecule has 0 spiro atoms. The molecule has 0 fully saturated rings. The number of rotatable bonds is 6. The van der Waals surface area contributed by atoms with Crippen LogP contribution >= 0.6 is 11.6 Å². The van der Waals surface area contributed by atoms with Gasteiger partial charge in [-0.15, -0.1) is 6.58 Å². The Morgan fingerprint density at radius 1 is 1.17 bits per heavy atom. The van der Waals surface area contributed by atoms with Crippen LogP contribution in [-0.2, 0) is 13.1 Å². The van der Waals surface area contributed by atoms with Crippen LogP contribution in [0.25, 0.3) is 10.9 Å². The zero-order valence-corrected chi connectivity index (χ0v) is 13.5. The molecule has 2 nitrogen and oxygen atoms in total. The maximum Gasteiger partial charge on any atom is 0.124 e. The number of para-hydroxylation sites is 1. The van der Waals surface area contributed by atoms with E-state index in [0.29, 0.717) is 11.6 Å². The molecule has 1 N–H and O–H groups in total. The van der Waals surface area contributed by atoms with Crippen LogP contribution in [0.1, 0.15) is 11.1 Å². The van der Waals surface area contributed by atoms with Gasteiger partial charge in [-0.2, -0.15) is 0 Å². The zero-order chi connectivity index (χ0) is 16.2. The van der Waals surface area contributed by atoms with E-state index in [0.717, 1.165) is 24.2 Å². The van der Waals surface area contributed by atoms with E-state index >= 15 is 0 Å². The molecule has 0 saturated heterocycles. The third-order valence-corrected chi connectivity index (χ3v) is 4.18. The van der Waals surface area contributed by atoms with Crippen LogP contribution < -0.4 is 5.32 Å². The fourth-order valence-electron chi connectivity index (χ4n) is 2.74. The van der Waals surface area contributed by atoms with Crippen molar-refractivity contribution in [2.45, 2.75) is 13.1 Å². The number of halogens is 2. The summed E-state index contributed by atoms with van der Waals surface area (Å²) < 4.78 is 15.4. The van der Waals surface area contributed by atoms with Gasteiger partial charge in [0.25, 0.3) is 0 Å². The lowest BCUT2D eigenvalue weighted by Gasteiger charge is -2.07. The largest absolute Gasteiger partial charge is 0.343 e. The first kappa shape index (κ1) is 15.8. The minimum atomic E-state index is -0.314. The van der Waals surface area contributed by atoms with Gasteiger partial charge in [-0.25, -0.2) is 4.39 Å². The van der Waals surface area contributed by atoms with Gasteiger partial charge in [-0.05, 0) is 29.3 Å². The van der Waals surface area contributed by atoms with Crippen LogP contribution in [0.2, 0.25) is 5.02 Å². The molecule has 0 bridgehead atoms. The van der Waals surface area contributed by atoms with Gasteiger partial charge in [0.2, 0.25) is 0 Å². The Labute approximate surface area is 140 Å². The second-order valence-corrected chi connectivity index (χ2v) is 5.86. The Balaban J connectivity index is 1.95. The Morgan fingerprint density at radius 3 is 2.78 bits per heavy atom. The third kappa shape index (κ3) is 3.46.